The van der Waals surface area contributed by atoms with Crippen LogP contribution < -0.4 is 5.32 Å². The monoisotopic (exact) mass is 290 g/mol. The summed E-state index contributed by atoms with van der Waals surface area (Å²) in [5, 5.41) is 3.51. The van der Waals surface area contributed by atoms with E-state index in [1.165, 1.54) is 36.9 Å². The second-order valence-corrected chi connectivity index (χ2v) is 6.65. The Balaban J connectivity index is 2.42. The second-order valence-electron chi connectivity index (χ2n) is 6.65. The molecule has 2 nitrogen and oxygen atoms in total. The quantitative estimate of drug-likeness (QED) is 0.642. The molecule has 0 amide bonds. The highest BCUT2D eigenvalue weighted by Gasteiger charge is 2.06. The lowest BCUT2D eigenvalue weighted by atomic mass is 9.99. The van der Waals surface area contributed by atoms with Crippen molar-refractivity contribution in [1.29, 1.82) is 0 Å². The fourth-order valence-electron chi connectivity index (χ4n) is 2.50. The van der Waals surface area contributed by atoms with Crippen molar-refractivity contribution in [2.75, 3.05) is 20.1 Å². The first-order valence-corrected chi connectivity index (χ1v) is 8.53. The van der Waals surface area contributed by atoms with Crippen LogP contribution in [0.25, 0.3) is 0 Å². The molecule has 1 rings (SSSR count). The Bertz CT molecular complexity index is 370. The number of rotatable bonds is 10. The van der Waals surface area contributed by atoms with Gasteiger partial charge in [-0.05, 0) is 37.1 Å². The highest BCUT2D eigenvalue weighted by Crippen LogP contribution is 2.16. The van der Waals surface area contributed by atoms with Gasteiger partial charge in [-0.1, -0.05) is 64.8 Å². The number of nitrogens with zero attached hydrogens (tertiary/aromatic N) is 1. The van der Waals surface area contributed by atoms with Crippen LogP contribution in [0.1, 0.15) is 64.0 Å². The summed E-state index contributed by atoms with van der Waals surface area (Å²) in [6.07, 6.45) is 3.94. The lowest BCUT2D eigenvalue weighted by Crippen LogP contribution is -2.27. The van der Waals surface area contributed by atoms with Crippen molar-refractivity contribution in [2.24, 2.45) is 0 Å². The third-order valence-corrected chi connectivity index (χ3v) is 3.98. The van der Waals surface area contributed by atoms with Crippen LogP contribution >= 0.6 is 0 Å². The first-order valence-electron chi connectivity index (χ1n) is 8.53. The largest absolute Gasteiger partial charge is 0.314 e. The average Bonchev–Trinajstić information content (AvgIpc) is 2.45. The van der Waals surface area contributed by atoms with Gasteiger partial charge in [0.25, 0.3) is 0 Å². The maximum Gasteiger partial charge on any atom is 0.0230 e. The average molecular weight is 290 g/mol. The van der Waals surface area contributed by atoms with E-state index in [4.69, 9.17) is 0 Å². The van der Waals surface area contributed by atoms with Crippen molar-refractivity contribution in [2.45, 2.75) is 65.5 Å². The van der Waals surface area contributed by atoms with E-state index in [1.807, 2.05) is 0 Å². The summed E-state index contributed by atoms with van der Waals surface area (Å²) in [6, 6.07) is 9.72. The first-order chi connectivity index (χ1) is 10.0. The van der Waals surface area contributed by atoms with Gasteiger partial charge < -0.3 is 10.2 Å². The van der Waals surface area contributed by atoms with E-state index in [1.54, 1.807) is 0 Å². The molecule has 0 saturated heterocycles. The molecule has 1 atom stereocenters. The summed E-state index contributed by atoms with van der Waals surface area (Å²) in [4.78, 5) is 2.43. The topological polar surface area (TPSA) is 15.3 Å². The summed E-state index contributed by atoms with van der Waals surface area (Å²) in [7, 11) is 2.22. The van der Waals surface area contributed by atoms with Gasteiger partial charge in [-0.25, -0.2) is 0 Å². The van der Waals surface area contributed by atoms with Crippen molar-refractivity contribution >= 4 is 0 Å². The molecular weight excluding hydrogens is 256 g/mol. The van der Waals surface area contributed by atoms with Crippen molar-refractivity contribution in [3.63, 3.8) is 0 Å². The van der Waals surface area contributed by atoms with Crippen LogP contribution in [-0.2, 0) is 6.54 Å². The van der Waals surface area contributed by atoms with Gasteiger partial charge in [0.05, 0.1) is 0 Å². The van der Waals surface area contributed by atoms with Gasteiger partial charge in [-0.3, -0.25) is 0 Å². The predicted molar refractivity (Wildman–Crippen MR) is 93.9 cm³/mol. The van der Waals surface area contributed by atoms with Gasteiger partial charge in [0.2, 0.25) is 0 Å². The zero-order valence-corrected chi connectivity index (χ0v) is 14.7. The van der Waals surface area contributed by atoms with Crippen LogP contribution in [0, 0.1) is 0 Å². The van der Waals surface area contributed by atoms with E-state index in [2.05, 4.69) is 69.2 Å². The fourth-order valence-corrected chi connectivity index (χ4v) is 2.50. The van der Waals surface area contributed by atoms with Gasteiger partial charge in [0.1, 0.15) is 0 Å². The van der Waals surface area contributed by atoms with Gasteiger partial charge in [-0.2, -0.15) is 0 Å². The maximum atomic E-state index is 3.51. The Morgan fingerprint density at radius 3 is 2.29 bits per heavy atom. The van der Waals surface area contributed by atoms with E-state index >= 15 is 0 Å². The van der Waals surface area contributed by atoms with E-state index in [-0.39, 0.29) is 0 Å². The highest BCUT2D eigenvalue weighted by molar-refractivity contribution is 5.25. The molecular formula is C19H34N2. The number of hydrogen-bond donors (Lipinski definition) is 1. The van der Waals surface area contributed by atoms with Crippen LogP contribution in [0.3, 0.4) is 0 Å². The Morgan fingerprint density at radius 1 is 1.05 bits per heavy atom. The van der Waals surface area contributed by atoms with Crippen molar-refractivity contribution < 1.29 is 0 Å². The van der Waals surface area contributed by atoms with Crippen LogP contribution in [0.4, 0.5) is 0 Å². The molecule has 0 aliphatic carbocycles. The summed E-state index contributed by atoms with van der Waals surface area (Å²) in [5.74, 6) is 0.573. The Kier molecular flexibility index (Phi) is 8.63. The van der Waals surface area contributed by atoms with Crippen LogP contribution in [0.2, 0.25) is 0 Å². The molecule has 0 spiro atoms. The van der Waals surface area contributed by atoms with Crippen LogP contribution in [-0.4, -0.2) is 31.1 Å². The molecule has 0 aromatic heterocycles. The SMILES string of the molecule is CCCCCN(C)Cc1ccc(C(C)CNC(C)C)cc1. The van der Waals surface area contributed by atoms with Gasteiger partial charge >= 0.3 is 0 Å². The minimum atomic E-state index is 0.559. The van der Waals surface area contributed by atoms with Crippen molar-refractivity contribution in [3.05, 3.63) is 35.4 Å². The van der Waals surface area contributed by atoms with E-state index in [9.17, 15) is 0 Å². The number of unbranched alkanes of at least 4 members (excludes halogenated alkanes) is 2. The minimum absolute atomic E-state index is 0.559. The Labute approximate surface area is 131 Å². The van der Waals surface area contributed by atoms with Gasteiger partial charge in [-0.15, -0.1) is 0 Å². The standard InChI is InChI=1S/C19H34N2/c1-6-7-8-13-21(5)15-18-9-11-19(12-10-18)17(4)14-20-16(2)3/h9-12,16-17,20H,6-8,13-15H2,1-5H3. The van der Waals surface area contributed by atoms with Crippen LogP contribution in [0.5, 0.6) is 0 Å². The van der Waals surface area contributed by atoms with Gasteiger partial charge in [0.15, 0.2) is 0 Å². The molecule has 1 N–H and O–H groups in total. The zero-order valence-electron chi connectivity index (χ0n) is 14.7. The van der Waals surface area contributed by atoms with E-state index in [0.29, 0.717) is 12.0 Å². The fraction of sp³-hybridized carbons (Fsp3) is 0.684. The predicted octanol–water partition coefficient (Wildman–Crippen LogP) is 4.41. The molecule has 0 heterocycles. The normalized spacial score (nSPS) is 13.1. The molecule has 2 heteroatoms. The van der Waals surface area contributed by atoms with E-state index in [0.717, 1.165) is 13.1 Å². The summed E-state index contributed by atoms with van der Waals surface area (Å²) in [6.45, 7) is 12.3. The number of hydrogen-bond acceptors (Lipinski definition) is 2. The molecule has 0 aliphatic heterocycles. The zero-order chi connectivity index (χ0) is 15.7. The van der Waals surface area contributed by atoms with Crippen molar-refractivity contribution in [1.82, 2.24) is 10.2 Å². The maximum absolute atomic E-state index is 3.51. The molecule has 1 aromatic rings. The lowest BCUT2D eigenvalue weighted by molar-refractivity contribution is 0.318. The number of nitrogens with one attached hydrogen (secondary N) is 1. The Morgan fingerprint density at radius 2 is 1.71 bits per heavy atom. The number of benzene rings is 1. The molecule has 120 valence electrons. The van der Waals surface area contributed by atoms with Crippen LogP contribution in [0.15, 0.2) is 24.3 Å². The molecule has 1 unspecified atom stereocenters. The molecule has 0 fully saturated rings. The molecule has 0 aliphatic rings. The first kappa shape index (κ1) is 18.2. The summed E-state index contributed by atoms with van der Waals surface area (Å²) < 4.78 is 0. The lowest BCUT2D eigenvalue weighted by Gasteiger charge is -2.18. The van der Waals surface area contributed by atoms with E-state index < -0.39 is 0 Å². The summed E-state index contributed by atoms with van der Waals surface area (Å²) >= 11 is 0. The molecule has 0 radical (unpaired) electrons. The third kappa shape index (κ3) is 7.63. The molecule has 21 heavy (non-hydrogen) atoms. The Hall–Kier alpha value is -0.860. The summed E-state index contributed by atoms with van der Waals surface area (Å²) in [5.41, 5.74) is 2.85. The van der Waals surface area contributed by atoms with Gasteiger partial charge in [0, 0.05) is 19.1 Å². The second kappa shape index (κ2) is 9.97. The highest BCUT2D eigenvalue weighted by atomic mass is 15.1. The molecule has 0 saturated carbocycles. The molecule has 0 bridgehead atoms. The van der Waals surface area contributed by atoms with Crippen molar-refractivity contribution in [3.8, 4) is 0 Å². The molecule has 1 aromatic carbocycles. The minimum Gasteiger partial charge on any atom is -0.314 e. The smallest absolute Gasteiger partial charge is 0.0230 e. The third-order valence-electron chi connectivity index (χ3n) is 3.98.